The van der Waals surface area contributed by atoms with Gasteiger partial charge in [-0.2, -0.15) is 0 Å². The van der Waals surface area contributed by atoms with E-state index in [1.807, 2.05) is 92.7 Å². The molecule has 0 aliphatic heterocycles. The molecule has 0 saturated heterocycles. The number of carbonyl (C=O) groups is 1. The highest BCUT2D eigenvalue weighted by molar-refractivity contribution is 6.07. The highest BCUT2D eigenvalue weighted by Crippen LogP contribution is 2.30. The molecule has 5 aromatic rings. The Kier molecular flexibility index (Phi) is 7.43. The second kappa shape index (κ2) is 11.1. The molecular weight excluding hydrogens is 490 g/mol. The molecule has 39 heavy (non-hydrogen) atoms. The molecular formula is C32H31N3O4. The number of carbonyl (C=O) groups excluding carboxylic acids is 1. The van der Waals surface area contributed by atoms with Crippen LogP contribution in [0.3, 0.4) is 0 Å². The van der Waals surface area contributed by atoms with E-state index >= 15 is 0 Å². The summed E-state index contributed by atoms with van der Waals surface area (Å²) in [5.74, 6) is 0.811. The average Bonchev–Trinajstić information content (AvgIpc) is 2.96. The SMILES string of the molecule is COCCN(C(=O)c1cccc2ccccc12)C(C)c1nc2ccccc2c(=O)n1-c1cc(C)ccc1OC. The summed E-state index contributed by atoms with van der Waals surface area (Å²) in [6.45, 7) is 4.49. The van der Waals surface area contributed by atoms with E-state index in [4.69, 9.17) is 14.5 Å². The fourth-order valence-corrected chi connectivity index (χ4v) is 5.00. The van der Waals surface area contributed by atoms with Crippen LogP contribution in [-0.2, 0) is 4.74 Å². The third-order valence-corrected chi connectivity index (χ3v) is 7.04. The van der Waals surface area contributed by atoms with Crippen molar-refractivity contribution in [3.05, 3.63) is 112 Å². The molecule has 0 aliphatic rings. The fourth-order valence-electron chi connectivity index (χ4n) is 5.00. The Morgan fingerprint density at radius 1 is 0.949 bits per heavy atom. The number of nitrogens with zero attached hydrogens (tertiary/aromatic N) is 3. The lowest BCUT2D eigenvalue weighted by molar-refractivity contribution is 0.0607. The van der Waals surface area contributed by atoms with Gasteiger partial charge in [0.05, 0.1) is 36.3 Å². The molecule has 4 aromatic carbocycles. The van der Waals surface area contributed by atoms with E-state index in [0.29, 0.717) is 46.9 Å². The van der Waals surface area contributed by atoms with E-state index in [1.54, 1.807) is 29.8 Å². The Morgan fingerprint density at radius 2 is 1.67 bits per heavy atom. The molecule has 1 aromatic heterocycles. The standard InChI is InChI=1S/C32H31N3O4/c1-21-16-17-29(39-4)28(20-21)35-30(33-27-15-8-7-13-26(27)32(35)37)22(2)34(18-19-38-3)31(36)25-14-9-11-23-10-5-6-12-24(23)25/h5-17,20,22H,18-19H2,1-4H3. The number of methoxy groups -OCH3 is 2. The van der Waals surface area contributed by atoms with E-state index in [2.05, 4.69) is 0 Å². The van der Waals surface area contributed by atoms with E-state index in [9.17, 15) is 9.59 Å². The van der Waals surface area contributed by atoms with Crippen LogP contribution in [0.15, 0.2) is 89.7 Å². The van der Waals surface area contributed by atoms with Crippen molar-refractivity contribution in [2.24, 2.45) is 0 Å². The zero-order valence-corrected chi connectivity index (χ0v) is 22.5. The molecule has 0 radical (unpaired) electrons. The maximum absolute atomic E-state index is 14.2. The largest absolute Gasteiger partial charge is 0.495 e. The van der Waals surface area contributed by atoms with Crippen molar-refractivity contribution in [3.8, 4) is 11.4 Å². The maximum atomic E-state index is 14.2. The van der Waals surface area contributed by atoms with Crippen molar-refractivity contribution in [1.29, 1.82) is 0 Å². The summed E-state index contributed by atoms with van der Waals surface area (Å²) in [5, 5.41) is 2.33. The molecule has 0 spiro atoms. The number of benzene rings is 4. The molecule has 7 heteroatoms. The Bertz CT molecular complexity index is 1720. The van der Waals surface area contributed by atoms with Gasteiger partial charge in [-0.15, -0.1) is 0 Å². The van der Waals surface area contributed by atoms with Crippen LogP contribution in [0.25, 0.3) is 27.4 Å². The first-order valence-electron chi connectivity index (χ1n) is 12.9. The fraction of sp³-hybridized carbons (Fsp3) is 0.219. The van der Waals surface area contributed by atoms with Crippen LogP contribution in [0.5, 0.6) is 5.75 Å². The molecule has 1 heterocycles. The molecule has 1 atom stereocenters. The van der Waals surface area contributed by atoms with E-state index < -0.39 is 6.04 Å². The van der Waals surface area contributed by atoms with Gasteiger partial charge in [-0.25, -0.2) is 4.98 Å². The first-order chi connectivity index (χ1) is 18.9. The molecule has 5 rings (SSSR count). The molecule has 0 aliphatic carbocycles. The lowest BCUT2D eigenvalue weighted by Crippen LogP contribution is -2.39. The number of amides is 1. The Morgan fingerprint density at radius 3 is 2.44 bits per heavy atom. The van der Waals surface area contributed by atoms with E-state index in [0.717, 1.165) is 16.3 Å². The van der Waals surface area contributed by atoms with Crippen LogP contribution >= 0.6 is 0 Å². The summed E-state index contributed by atoms with van der Waals surface area (Å²) in [6.07, 6.45) is 0. The number of rotatable bonds is 8. The van der Waals surface area contributed by atoms with Crippen LogP contribution in [0, 0.1) is 6.92 Å². The average molecular weight is 522 g/mol. The Balaban J connectivity index is 1.73. The van der Waals surface area contributed by atoms with Gasteiger partial charge in [-0.3, -0.25) is 14.2 Å². The summed E-state index contributed by atoms with van der Waals surface area (Å²) in [5.41, 5.74) is 2.46. The second-order valence-electron chi connectivity index (χ2n) is 9.50. The van der Waals surface area contributed by atoms with Crippen LogP contribution in [-0.4, -0.2) is 47.7 Å². The quantitative estimate of drug-likeness (QED) is 0.262. The minimum Gasteiger partial charge on any atom is -0.495 e. The molecule has 1 unspecified atom stereocenters. The number of para-hydroxylation sites is 1. The topological polar surface area (TPSA) is 73.7 Å². The van der Waals surface area contributed by atoms with Gasteiger partial charge in [-0.05, 0) is 60.5 Å². The van der Waals surface area contributed by atoms with Crippen molar-refractivity contribution in [3.63, 3.8) is 0 Å². The third-order valence-electron chi connectivity index (χ3n) is 7.04. The third kappa shape index (κ3) is 4.89. The molecule has 0 saturated carbocycles. The van der Waals surface area contributed by atoms with Crippen molar-refractivity contribution >= 4 is 27.6 Å². The number of hydrogen-bond acceptors (Lipinski definition) is 5. The monoisotopic (exact) mass is 521 g/mol. The van der Waals surface area contributed by atoms with Crippen molar-refractivity contribution in [2.75, 3.05) is 27.4 Å². The van der Waals surface area contributed by atoms with Gasteiger partial charge in [0.2, 0.25) is 0 Å². The van der Waals surface area contributed by atoms with Crippen molar-refractivity contribution < 1.29 is 14.3 Å². The minimum atomic E-state index is -0.575. The maximum Gasteiger partial charge on any atom is 0.266 e. The summed E-state index contributed by atoms with van der Waals surface area (Å²) >= 11 is 0. The first kappa shape index (κ1) is 26.1. The number of ether oxygens (including phenoxy) is 2. The zero-order chi connectivity index (χ0) is 27.5. The van der Waals surface area contributed by atoms with E-state index in [1.165, 1.54) is 0 Å². The lowest BCUT2D eigenvalue weighted by Gasteiger charge is -2.31. The summed E-state index contributed by atoms with van der Waals surface area (Å²) < 4.78 is 12.6. The second-order valence-corrected chi connectivity index (χ2v) is 9.50. The molecule has 0 bridgehead atoms. The van der Waals surface area contributed by atoms with Crippen LogP contribution in [0.2, 0.25) is 0 Å². The summed E-state index contributed by atoms with van der Waals surface area (Å²) in [6, 6.07) is 25.9. The summed E-state index contributed by atoms with van der Waals surface area (Å²) in [7, 11) is 3.18. The summed E-state index contributed by atoms with van der Waals surface area (Å²) in [4.78, 5) is 34.9. The molecule has 7 nitrogen and oxygen atoms in total. The first-order valence-corrected chi connectivity index (χ1v) is 12.9. The van der Waals surface area contributed by atoms with Gasteiger partial charge in [0.15, 0.2) is 0 Å². The van der Waals surface area contributed by atoms with E-state index in [-0.39, 0.29) is 11.5 Å². The van der Waals surface area contributed by atoms with Gasteiger partial charge in [-0.1, -0.05) is 54.6 Å². The normalized spacial score (nSPS) is 12.0. The van der Waals surface area contributed by atoms with Gasteiger partial charge in [0, 0.05) is 19.2 Å². The Labute approximate surface area is 227 Å². The predicted molar refractivity (Wildman–Crippen MR) is 154 cm³/mol. The van der Waals surface area contributed by atoms with Gasteiger partial charge in [0.1, 0.15) is 11.6 Å². The highest BCUT2D eigenvalue weighted by atomic mass is 16.5. The molecule has 0 fully saturated rings. The minimum absolute atomic E-state index is 0.165. The molecule has 0 N–H and O–H groups in total. The van der Waals surface area contributed by atoms with Gasteiger partial charge < -0.3 is 14.4 Å². The zero-order valence-electron chi connectivity index (χ0n) is 22.5. The van der Waals surface area contributed by atoms with Crippen LogP contribution < -0.4 is 10.3 Å². The number of aryl methyl sites for hydroxylation is 1. The molecule has 198 valence electrons. The smallest absolute Gasteiger partial charge is 0.266 e. The van der Waals surface area contributed by atoms with Crippen molar-refractivity contribution in [2.45, 2.75) is 19.9 Å². The van der Waals surface area contributed by atoms with Crippen molar-refractivity contribution in [1.82, 2.24) is 14.5 Å². The van der Waals surface area contributed by atoms with Crippen LogP contribution in [0.4, 0.5) is 0 Å². The molecule has 1 amide bonds. The van der Waals surface area contributed by atoms with Crippen LogP contribution in [0.1, 0.15) is 34.7 Å². The lowest BCUT2D eigenvalue weighted by atomic mass is 10.0. The number of hydrogen-bond donors (Lipinski definition) is 0. The van der Waals surface area contributed by atoms with Gasteiger partial charge in [0.25, 0.3) is 11.5 Å². The highest BCUT2D eigenvalue weighted by Gasteiger charge is 2.29. The van der Waals surface area contributed by atoms with Gasteiger partial charge >= 0.3 is 0 Å². The predicted octanol–water partition coefficient (Wildman–Crippen LogP) is 5.71. The number of aromatic nitrogens is 2. The Hall–Kier alpha value is -4.49. The number of fused-ring (bicyclic) bond motifs is 2.